The fourth-order valence-electron chi connectivity index (χ4n) is 1.40. The normalized spacial score (nSPS) is 10.4. The van der Waals surface area contributed by atoms with Gasteiger partial charge in [0.2, 0.25) is 0 Å². The summed E-state index contributed by atoms with van der Waals surface area (Å²) < 4.78 is 5.27. The summed E-state index contributed by atoms with van der Waals surface area (Å²) in [5, 5.41) is 14.1. The Morgan fingerprint density at radius 3 is 2.65 bits per heavy atom. The number of rotatable bonds is 6. The van der Waals surface area contributed by atoms with Crippen LogP contribution in [0.2, 0.25) is 5.02 Å². The van der Waals surface area contributed by atoms with Crippen molar-refractivity contribution < 1.29 is 19.4 Å². The van der Waals surface area contributed by atoms with Gasteiger partial charge in [-0.3, -0.25) is 0 Å². The Kier molecular flexibility index (Phi) is 6.27. The second-order valence-corrected chi connectivity index (χ2v) is 4.71. The summed E-state index contributed by atoms with van der Waals surface area (Å²) in [5.74, 6) is -1.11. The van der Waals surface area contributed by atoms with Crippen LogP contribution in [0, 0.1) is 0 Å². The van der Waals surface area contributed by atoms with E-state index in [0.717, 1.165) is 0 Å². The van der Waals surface area contributed by atoms with E-state index in [1.54, 1.807) is 0 Å². The number of carbonyl (C=O) groups is 2. The number of ether oxygens (including phenoxy) is 1. The molecule has 0 radical (unpaired) electrons. The number of anilines is 1. The van der Waals surface area contributed by atoms with Crippen LogP contribution in [0.1, 0.15) is 24.2 Å². The van der Waals surface area contributed by atoms with Gasteiger partial charge in [-0.1, -0.05) is 11.6 Å². The summed E-state index contributed by atoms with van der Waals surface area (Å²) in [5.41, 5.74) is 0.408. The van der Waals surface area contributed by atoms with Crippen LogP contribution in [0.15, 0.2) is 18.2 Å². The number of aromatic carboxylic acids is 1. The molecule has 0 fully saturated rings. The van der Waals surface area contributed by atoms with Crippen LogP contribution >= 0.6 is 11.6 Å². The van der Waals surface area contributed by atoms with Crippen LogP contribution in [-0.4, -0.2) is 36.4 Å². The molecule has 2 amide bonds. The lowest BCUT2D eigenvalue weighted by Gasteiger charge is -2.10. The molecule has 0 saturated heterocycles. The molecule has 0 spiro atoms. The maximum Gasteiger partial charge on any atom is 0.337 e. The van der Waals surface area contributed by atoms with E-state index in [1.807, 2.05) is 13.8 Å². The molecule has 0 aliphatic carbocycles. The number of carboxylic acids is 1. The zero-order valence-electron chi connectivity index (χ0n) is 11.3. The van der Waals surface area contributed by atoms with Crippen molar-refractivity contribution in [1.29, 1.82) is 0 Å². The van der Waals surface area contributed by atoms with Gasteiger partial charge in [-0.05, 0) is 32.0 Å². The van der Waals surface area contributed by atoms with Crippen molar-refractivity contribution in [2.45, 2.75) is 20.0 Å². The Hall–Kier alpha value is -1.79. The zero-order valence-corrected chi connectivity index (χ0v) is 12.0. The topological polar surface area (TPSA) is 87.7 Å². The second kappa shape index (κ2) is 7.72. The van der Waals surface area contributed by atoms with Gasteiger partial charge in [-0.25, -0.2) is 9.59 Å². The van der Waals surface area contributed by atoms with Crippen molar-refractivity contribution in [2.75, 3.05) is 18.5 Å². The predicted molar refractivity (Wildman–Crippen MR) is 76.5 cm³/mol. The monoisotopic (exact) mass is 300 g/mol. The van der Waals surface area contributed by atoms with Gasteiger partial charge in [-0.2, -0.15) is 0 Å². The first-order valence-corrected chi connectivity index (χ1v) is 6.47. The summed E-state index contributed by atoms with van der Waals surface area (Å²) in [4.78, 5) is 22.3. The van der Waals surface area contributed by atoms with Gasteiger partial charge in [0, 0.05) is 12.2 Å². The predicted octanol–water partition coefficient (Wildman–Crippen LogP) is 2.58. The van der Waals surface area contributed by atoms with Gasteiger partial charge in [0.05, 0.1) is 23.3 Å². The third-order valence-corrected chi connectivity index (χ3v) is 2.61. The molecule has 3 N–H and O–H groups in total. The molecule has 1 rings (SSSR count). The number of carbonyl (C=O) groups excluding carboxylic acids is 1. The van der Waals surface area contributed by atoms with Crippen molar-refractivity contribution in [2.24, 2.45) is 0 Å². The number of carboxylic acid groups (broad SMARTS) is 1. The van der Waals surface area contributed by atoms with Crippen molar-refractivity contribution in [3.05, 3.63) is 28.8 Å². The van der Waals surface area contributed by atoms with Gasteiger partial charge < -0.3 is 20.5 Å². The molecule has 0 atom stereocenters. The number of hydrogen-bond donors (Lipinski definition) is 3. The van der Waals surface area contributed by atoms with Crippen molar-refractivity contribution >= 4 is 29.3 Å². The molecular formula is C13H17ClN2O4. The highest BCUT2D eigenvalue weighted by Gasteiger charge is 2.10. The molecular weight excluding hydrogens is 284 g/mol. The van der Waals surface area contributed by atoms with E-state index in [-0.39, 0.29) is 16.7 Å². The van der Waals surface area contributed by atoms with Crippen LogP contribution in [0.5, 0.6) is 0 Å². The van der Waals surface area contributed by atoms with Gasteiger partial charge in [0.25, 0.3) is 0 Å². The number of amides is 2. The van der Waals surface area contributed by atoms with Crippen molar-refractivity contribution in [1.82, 2.24) is 5.32 Å². The van der Waals surface area contributed by atoms with Crippen molar-refractivity contribution in [3.63, 3.8) is 0 Å². The molecule has 0 saturated carbocycles. The maximum atomic E-state index is 11.6. The number of benzene rings is 1. The molecule has 0 aliphatic heterocycles. The van der Waals surface area contributed by atoms with Crippen LogP contribution in [-0.2, 0) is 4.74 Å². The smallest absolute Gasteiger partial charge is 0.337 e. The lowest BCUT2D eigenvalue weighted by molar-refractivity contribution is 0.0697. The summed E-state index contributed by atoms with van der Waals surface area (Å²) in [6.07, 6.45) is 0.113. The van der Waals surface area contributed by atoms with E-state index in [1.165, 1.54) is 18.2 Å². The minimum Gasteiger partial charge on any atom is -0.478 e. The summed E-state index contributed by atoms with van der Waals surface area (Å²) in [6.45, 7) is 4.62. The van der Waals surface area contributed by atoms with E-state index < -0.39 is 12.0 Å². The zero-order chi connectivity index (χ0) is 15.1. The first-order chi connectivity index (χ1) is 9.40. The molecule has 0 bridgehead atoms. The quantitative estimate of drug-likeness (QED) is 0.705. The Balaban J connectivity index is 2.46. The standard InChI is InChI=1S/C13H17ClN2O4/c1-8(2)20-6-5-15-13(19)16-9-3-4-10(12(17)18)11(14)7-9/h3-4,7-8H,5-6H2,1-2H3,(H,17,18)(H2,15,16,19). The first kappa shape index (κ1) is 16.3. The molecule has 7 heteroatoms. The molecule has 6 nitrogen and oxygen atoms in total. The Morgan fingerprint density at radius 2 is 2.10 bits per heavy atom. The first-order valence-electron chi connectivity index (χ1n) is 6.09. The maximum absolute atomic E-state index is 11.6. The van der Waals surface area contributed by atoms with Gasteiger partial charge in [-0.15, -0.1) is 0 Å². The molecule has 0 aromatic heterocycles. The average molecular weight is 301 g/mol. The van der Waals surface area contributed by atoms with E-state index in [0.29, 0.717) is 18.8 Å². The number of nitrogens with one attached hydrogen (secondary N) is 2. The van der Waals surface area contributed by atoms with Crippen LogP contribution in [0.4, 0.5) is 10.5 Å². The Labute approximate surface area is 122 Å². The largest absolute Gasteiger partial charge is 0.478 e. The molecule has 1 aromatic carbocycles. The SMILES string of the molecule is CC(C)OCCNC(=O)Nc1ccc(C(=O)O)c(Cl)c1. The molecule has 110 valence electrons. The van der Waals surface area contributed by atoms with Gasteiger partial charge in [0.15, 0.2) is 0 Å². The minimum atomic E-state index is -1.11. The molecule has 1 aromatic rings. The lowest BCUT2D eigenvalue weighted by Crippen LogP contribution is -2.32. The fourth-order valence-corrected chi connectivity index (χ4v) is 1.66. The molecule has 20 heavy (non-hydrogen) atoms. The van der Waals surface area contributed by atoms with Crippen LogP contribution in [0.25, 0.3) is 0 Å². The van der Waals surface area contributed by atoms with E-state index in [2.05, 4.69) is 10.6 Å². The average Bonchev–Trinajstić information content (AvgIpc) is 2.34. The molecule has 0 aliphatic rings. The van der Waals surface area contributed by atoms with E-state index in [9.17, 15) is 9.59 Å². The number of halogens is 1. The Morgan fingerprint density at radius 1 is 1.40 bits per heavy atom. The molecule has 0 unspecified atom stereocenters. The summed E-state index contributed by atoms with van der Waals surface area (Å²) >= 11 is 5.80. The van der Waals surface area contributed by atoms with Gasteiger partial charge >= 0.3 is 12.0 Å². The lowest BCUT2D eigenvalue weighted by atomic mass is 10.2. The number of hydrogen-bond acceptors (Lipinski definition) is 3. The highest BCUT2D eigenvalue weighted by Crippen LogP contribution is 2.20. The van der Waals surface area contributed by atoms with Gasteiger partial charge in [0.1, 0.15) is 0 Å². The van der Waals surface area contributed by atoms with E-state index in [4.69, 9.17) is 21.4 Å². The highest BCUT2D eigenvalue weighted by molar-refractivity contribution is 6.33. The van der Waals surface area contributed by atoms with Crippen LogP contribution in [0.3, 0.4) is 0 Å². The number of urea groups is 1. The Bertz CT molecular complexity index is 491. The van der Waals surface area contributed by atoms with E-state index >= 15 is 0 Å². The fraction of sp³-hybridized carbons (Fsp3) is 0.385. The third-order valence-electron chi connectivity index (χ3n) is 2.30. The minimum absolute atomic E-state index is 0.0111. The third kappa shape index (κ3) is 5.46. The van der Waals surface area contributed by atoms with Crippen molar-refractivity contribution in [3.8, 4) is 0 Å². The summed E-state index contributed by atoms with van der Waals surface area (Å²) in [6, 6.07) is 3.79. The second-order valence-electron chi connectivity index (χ2n) is 4.30. The molecule has 0 heterocycles. The highest BCUT2D eigenvalue weighted by atomic mass is 35.5. The summed E-state index contributed by atoms with van der Waals surface area (Å²) in [7, 11) is 0. The van der Waals surface area contributed by atoms with Crippen LogP contribution < -0.4 is 10.6 Å².